The lowest BCUT2D eigenvalue weighted by molar-refractivity contribution is -0.384. The maximum Gasteiger partial charge on any atom is 0.340 e. The fourth-order valence-corrected chi connectivity index (χ4v) is 4.24. The molecular weight excluding hydrogens is 440 g/mol. The number of carbonyl (C=O) groups excluding carboxylic acids is 1. The Morgan fingerprint density at radius 1 is 1.06 bits per heavy atom. The van der Waals surface area contributed by atoms with E-state index in [9.17, 15) is 19.7 Å². The summed E-state index contributed by atoms with van der Waals surface area (Å²) >= 11 is 0. The molecule has 172 valence electrons. The Labute approximate surface area is 193 Å². The zero-order valence-electron chi connectivity index (χ0n) is 18.1. The molecule has 0 N–H and O–H groups in total. The van der Waals surface area contributed by atoms with Gasteiger partial charge < -0.3 is 18.8 Å². The lowest BCUT2D eigenvalue weighted by atomic mass is 10.0. The van der Waals surface area contributed by atoms with Crippen molar-refractivity contribution in [2.45, 2.75) is 6.61 Å². The zero-order chi connectivity index (χ0) is 23.7. The van der Waals surface area contributed by atoms with Crippen LogP contribution in [-0.4, -0.2) is 37.2 Å². The molecule has 1 aromatic heterocycles. The van der Waals surface area contributed by atoms with Crippen LogP contribution < -0.4 is 10.5 Å². The lowest BCUT2D eigenvalue weighted by Gasteiger charge is -2.30. The molecule has 34 heavy (non-hydrogen) atoms. The fourth-order valence-electron chi connectivity index (χ4n) is 4.24. The Morgan fingerprint density at radius 2 is 1.85 bits per heavy atom. The molecule has 0 radical (unpaired) electrons. The minimum absolute atomic E-state index is 0.0910. The molecule has 0 bridgehead atoms. The Morgan fingerprint density at radius 3 is 2.65 bits per heavy atom. The summed E-state index contributed by atoms with van der Waals surface area (Å²) in [6, 6.07) is 16.6. The maximum absolute atomic E-state index is 13.1. The molecule has 0 spiro atoms. The van der Waals surface area contributed by atoms with Gasteiger partial charge in [-0.15, -0.1) is 0 Å². The summed E-state index contributed by atoms with van der Waals surface area (Å²) < 4.78 is 16.3. The van der Waals surface area contributed by atoms with Crippen LogP contribution in [0.15, 0.2) is 69.9 Å². The summed E-state index contributed by atoms with van der Waals surface area (Å²) in [5.41, 5.74) is 0.755. The van der Waals surface area contributed by atoms with E-state index in [2.05, 4.69) is 0 Å². The summed E-state index contributed by atoms with van der Waals surface area (Å²) in [5, 5.41) is 13.8. The van der Waals surface area contributed by atoms with Gasteiger partial charge in [-0.2, -0.15) is 0 Å². The molecule has 0 atom stereocenters. The number of rotatable bonds is 5. The number of hydrogen-bond acceptors (Lipinski definition) is 8. The number of fused-ring (bicyclic) bond motifs is 3. The third-order valence-corrected chi connectivity index (χ3v) is 5.84. The molecule has 9 heteroatoms. The third kappa shape index (κ3) is 4.08. The van der Waals surface area contributed by atoms with Gasteiger partial charge in [0.25, 0.3) is 5.69 Å². The second kappa shape index (κ2) is 8.95. The van der Waals surface area contributed by atoms with E-state index in [0.29, 0.717) is 48.5 Å². The highest BCUT2D eigenvalue weighted by Gasteiger charge is 2.23. The van der Waals surface area contributed by atoms with Crippen molar-refractivity contribution in [3.63, 3.8) is 0 Å². The van der Waals surface area contributed by atoms with Gasteiger partial charge in [0.05, 0.1) is 29.4 Å². The first-order valence-electron chi connectivity index (χ1n) is 10.7. The standard InChI is InChI=1S/C25H20N2O7/c28-23-13-17(24-19-4-2-1-3-16(19)5-8-22(24)34-23)15-33-25(29)20-14-18(27(30)31)6-7-21(20)26-9-11-32-12-10-26/h1-8,13-14H,9-12,15H2. The van der Waals surface area contributed by atoms with E-state index in [-0.39, 0.29) is 17.9 Å². The number of carbonyl (C=O) groups is 1. The van der Waals surface area contributed by atoms with Crippen LogP contribution in [0.3, 0.4) is 0 Å². The van der Waals surface area contributed by atoms with E-state index in [4.69, 9.17) is 13.9 Å². The normalized spacial score (nSPS) is 13.8. The topological polar surface area (TPSA) is 112 Å². The Kier molecular flexibility index (Phi) is 5.69. The van der Waals surface area contributed by atoms with Crippen LogP contribution in [-0.2, 0) is 16.1 Å². The quantitative estimate of drug-likeness (QED) is 0.144. The van der Waals surface area contributed by atoms with Gasteiger partial charge in [0.2, 0.25) is 0 Å². The van der Waals surface area contributed by atoms with Crippen LogP contribution in [0.1, 0.15) is 15.9 Å². The third-order valence-electron chi connectivity index (χ3n) is 5.84. The Balaban J connectivity index is 1.51. The number of esters is 1. The van der Waals surface area contributed by atoms with Crippen molar-refractivity contribution in [2.75, 3.05) is 31.2 Å². The van der Waals surface area contributed by atoms with E-state index in [1.54, 1.807) is 12.1 Å². The van der Waals surface area contributed by atoms with Crippen LogP contribution in [0.5, 0.6) is 0 Å². The van der Waals surface area contributed by atoms with Crippen LogP contribution in [0.4, 0.5) is 11.4 Å². The van der Waals surface area contributed by atoms with Crippen molar-refractivity contribution >= 4 is 39.1 Å². The first kappa shape index (κ1) is 21.6. The van der Waals surface area contributed by atoms with Gasteiger partial charge in [-0.1, -0.05) is 30.3 Å². The van der Waals surface area contributed by atoms with E-state index in [0.717, 1.165) is 10.8 Å². The molecule has 5 rings (SSSR count). The monoisotopic (exact) mass is 460 g/mol. The number of morpholine rings is 1. The number of nitro groups is 1. The SMILES string of the molecule is O=C(OCc1cc(=O)oc2ccc3ccccc3c12)c1cc([N+](=O)[O-])ccc1N1CCOCC1. The van der Waals surface area contributed by atoms with E-state index < -0.39 is 16.5 Å². The van der Waals surface area contributed by atoms with Crippen molar-refractivity contribution in [1.82, 2.24) is 0 Å². The van der Waals surface area contributed by atoms with E-state index in [1.165, 1.54) is 18.2 Å². The highest BCUT2D eigenvalue weighted by molar-refractivity contribution is 6.07. The fraction of sp³-hybridized carbons (Fsp3) is 0.200. The second-order valence-electron chi connectivity index (χ2n) is 7.88. The average Bonchev–Trinajstić information content (AvgIpc) is 2.86. The Bertz CT molecular complexity index is 1470. The van der Waals surface area contributed by atoms with Crippen LogP contribution >= 0.6 is 0 Å². The molecule has 2 heterocycles. The minimum Gasteiger partial charge on any atom is -0.457 e. The summed E-state index contributed by atoms with van der Waals surface area (Å²) in [4.78, 5) is 38.0. The highest BCUT2D eigenvalue weighted by Crippen LogP contribution is 2.30. The average molecular weight is 460 g/mol. The number of anilines is 1. The molecule has 0 amide bonds. The van der Waals surface area contributed by atoms with Gasteiger partial charge in [-0.25, -0.2) is 9.59 Å². The number of nitro benzene ring substituents is 1. The maximum atomic E-state index is 13.1. The lowest BCUT2D eigenvalue weighted by Crippen LogP contribution is -2.37. The summed E-state index contributed by atoms with van der Waals surface area (Å²) in [6.07, 6.45) is 0. The van der Waals surface area contributed by atoms with Gasteiger partial charge in [0, 0.05) is 42.2 Å². The van der Waals surface area contributed by atoms with Crippen LogP contribution in [0.2, 0.25) is 0 Å². The number of non-ortho nitro benzene ring substituents is 1. The molecule has 0 saturated carbocycles. The molecule has 1 saturated heterocycles. The van der Waals surface area contributed by atoms with Crippen molar-refractivity contribution in [3.05, 3.63) is 92.3 Å². The number of nitrogens with zero attached hydrogens (tertiary/aromatic N) is 2. The zero-order valence-corrected chi connectivity index (χ0v) is 18.1. The molecule has 1 fully saturated rings. The molecule has 0 unspecified atom stereocenters. The Hall–Kier alpha value is -4.24. The number of hydrogen-bond donors (Lipinski definition) is 0. The van der Waals surface area contributed by atoms with Crippen molar-refractivity contribution < 1.29 is 23.6 Å². The molecule has 4 aromatic rings. The summed E-state index contributed by atoms with van der Waals surface area (Å²) in [5.74, 6) is -0.716. The van der Waals surface area contributed by atoms with Crippen molar-refractivity contribution in [1.29, 1.82) is 0 Å². The van der Waals surface area contributed by atoms with Crippen LogP contribution in [0, 0.1) is 10.1 Å². The van der Waals surface area contributed by atoms with Gasteiger partial charge in [0.1, 0.15) is 12.2 Å². The van der Waals surface area contributed by atoms with Crippen LogP contribution in [0.25, 0.3) is 21.7 Å². The highest BCUT2D eigenvalue weighted by atomic mass is 16.6. The second-order valence-corrected chi connectivity index (χ2v) is 7.88. The first-order chi connectivity index (χ1) is 16.5. The van der Waals surface area contributed by atoms with E-state index >= 15 is 0 Å². The molecule has 1 aliphatic rings. The predicted octanol–water partition coefficient (Wildman–Crippen LogP) is 4.05. The van der Waals surface area contributed by atoms with Crippen molar-refractivity contribution in [3.8, 4) is 0 Å². The molecule has 1 aliphatic heterocycles. The van der Waals surface area contributed by atoms with Crippen molar-refractivity contribution in [2.24, 2.45) is 0 Å². The largest absolute Gasteiger partial charge is 0.457 e. The van der Waals surface area contributed by atoms with Gasteiger partial charge in [-0.3, -0.25) is 10.1 Å². The molecule has 9 nitrogen and oxygen atoms in total. The van der Waals surface area contributed by atoms with Gasteiger partial charge in [-0.05, 0) is 22.9 Å². The molecule has 0 aliphatic carbocycles. The molecular formula is C25H20N2O7. The minimum atomic E-state index is -0.716. The van der Waals surface area contributed by atoms with Gasteiger partial charge in [0.15, 0.2) is 0 Å². The van der Waals surface area contributed by atoms with Gasteiger partial charge >= 0.3 is 11.6 Å². The number of ether oxygens (including phenoxy) is 2. The van der Waals surface area contributed by atoms with E-state index in [1.807, 2.05) is 35.2 Å². The summed E-state index contributed by atoms with van der Waals surface area (Å²) in [7, 11) is 0. The predicted molar refractivity (Wildman–Crippen MR) is 125 cm³/mol. The first-order valence-corrected chi connectivity index (χ1v) is 10.7. The summed E-state index contributed by atoms with van der Waals surface area (Å²) in [6.45, 7) is 1.89. The number of benzene rings is 3. The molecule has 3 aromatic carbocycles. The smallest absolute Gasteiger partial charge is 0.340 e.